The molecule has 1 aliphatic heterocycles. The molecule has 0 bridgehead atoms. The van der Waals surface area contributed by atoms with Gasteiger partial charge in [0.1, 0.15) is 11.3 Å². The molecule has 1 aromatic rings. The Kier molecular flexibility index (Phi) is 3.42. The third kappa shape index (κ3) is 2.33. The molecule has 0 aromatic carbocycles. The van der Waals surface area contributed by atoms with Gasteiger partial charge < -0.3 is 4.90 Å². The Morgan fingerprint density at radius 2 is 1.78 bits per heavy atom. The summed E-state index contributed by atoms with van der Waals surface area (Å²) in [6.45, 7) is 2.19. The van der Waals surface area contributed by atoms with Crippen LogP contribution < -0.4 is 4.90 Å². The molecule has 1 aromatic heterocycles. The van der Waals surface area contributed by atoms with Crippen molar-refractivity contribution >= 4 is 17.4 Å². The molecule has 3 rings (SSSR count). The van der Waals surface area contributed by atoms with E-state index in [-0.39, 0.29) is 0 Å². The van der Waals surface area contributed by atoms with Crippen LogP contribution in [0.25, 0.3) is 0 Å². The SMILES string of the molecule is Clc1cncnc1N1CCC2(CCCCC2)CC1. The number of hydrogen-bond donors (Lipinski definition) is 0. The summed E-state index contributed by atoms with van der Waals surface area (Å²) < 4.78 is 0. The Labute approximate surface area is 114 Å². The lowest BCUT2D eigenvalue weighted by atomic mass is 9.68. The summed E-state index contributed by atoms with van der Waals surface area (Å²) in [6, 6.07) is 0. The zero-order valence-corrected chi connectivity index (χ0v) is 11.5. The predicted molar refractivity (Wildman–Crippen MR) is 74.0 cm³/mol. The topological polar surface area (TPSA) is 29.0 Å². The molecule has 2 fully saturated rings. The maximum absolute atomic E-state index is 6.17. The van der Waals surface area contributed by atoms with E-state index in [9.17, 15) is 0 Å². The van der Waals surface area contributed by atoms with Crippen molar-refractivity contribution in [2.75, 3.05) is 18.0 Å². The smallest absolute Gasteiger partial charge is 0.150 e. The van der Waals surface area contributed by atoms with Gasteiger partial charge in [-0.25, -0.2) is 9.97 Å². The van der Waals surface area contributed by atoms with E-state index in [0.717, 1.165) is 18.9 Å². The van der Waals surface area contributed by atoms with E-state index in [1.807, 2.05) is 0 Å². The van der Waals surface area contributed by atoms with Crippen molar-refractivity contribution < 1.29 is 0 Å². The fourth-order valence-electron chi connectivity index (χ4n) is 3.53. The largest absolute Gasteiger partial charge is 0.355 e. The fraction of sp³-hybridized carbons (Fsp3) is 0.714. The zero-order valence-electron chi connectivity index (χ0n) is 10.7. The molecule has 3 nitrogen and oxygen atoms in total. The van der Waals surface area contributed by atoms with Crippen molar-refractivity contribution in [1.82, 2.24) is 9.97 Å². The van der Waals surface area contributed by atoms with Crippen molar-refractivity contribution in [2.24, 2.45) is 5.41 Å². The van der Waals surface area contributed by atoms with Crippen molar-refractivity contribution in [1.29, 1.82) is 0 Å². The molecular formula is C14H20ClN3. The molecule has 1 saturated heterocycles. The summed E-state index contributed by atoms with van der Waals surface area (Å²) in [5.74, 6) is 0.914. The molecule has 1 spiro atoms. The third-order valence-electron chi connectivity index (χ3n) is 4.69. The molecular weight excluding hydrogens is 246 g/mol. The van der Waals surface area contributed by atoms with Gasteiger partial charge in [-0.3, -0.25) is 0 Å². The average Bonchev–Trinajstić information content (AvgIpc) is 2.42. The van der Waals surface area contributed by atoms with E-state index in [4.69, 9.17) is 11.6 Å². The van der Waals surface area contributed by atoms with Crippen LogP contribution in [0.5, 0.6) is 0 Å². The van der Waals surface area contributed by atoms with Crippen LogP contribution >= 0.6 is 11.6 Å². The van der Waals surface area contributed by atoms with Gasteiger partial charge in [0, 0.05) is 13.1 Å². The van der Waals surface area contributed by atoms with Gasteiger partial charge in [-0.05, 0) is 31.1 Å². The van der Waals surface area contributed by atoms with Crippen LogP contribution in [0.15, 0.2) is 12.5 Å². The minimum absolute atomic E-state index is 0.633. The van der Waals surface area contributed by atoms with Gasteiger partial charge in [-0.2, -0.15) is 0 Å². The second kappa shape index (κ2) is 5.04. The van der Waals surface area contributed by atoms with Crippen molar-refractivity contribution in [3.8, 4) is 0 Å². The lowest BCUT2D eigenvalue weighted by Gasteiger charge is -2.44. The third-order valence-corrected chi connectivity index (χ3v) is 4.95. The highest BCUT2D eigenvalue weighted by molar-refractivity contribution is 6.32. The predicted octanol–water partition coefficient (Wildman–Crippen LogP) is 3.68. The number of halogens is 1. The molecule has 2 heterocycles. The number of piperidine rings is 1. The van der Waals surface area contributed by atoms with Crippen molar-refractivity contribution in [2.45, 2.75) is 44.9 Å². The summed E-state index contributed by atoms with van der Waals surface area (Å²) in [6.07, 6.45) is 13.0. The summed E-state index contributed by atoms with van der Waals surface area (Å²) in [4.78, 5) is 10.6. The molecule has 0 atom stereocenters. The number of aromatic nitrogens is 2. The van der Waals surface area contributed by atoms with Gasteiger partial charge in [-0.15, -0.1) is 0 Å². The van der Waals surface area contributed by atoms with E-state index >= 15 is 0 Å². The van der Waals surface area contributed by atoms with E-state index < -0.39 is 0 Å². The Morgan fingerprint density at radius 1 is 1.06 bits per heavy atom. The van der Waals surface area contributed by atoms with Crippen LogP contribution in [-0.4, -0.2) is 23.1 Å². The van der Waals surface area contributed by atoms with Gasteiger partial charge in [0.05, 0.1) is 6.20 Å². The van der Waals surface area contributed by atoms with Gasteiger partial charge in [0.2, 0.25) is 0 Å². The van der Waals surface area contributed by atoms with Gasteiger partial charge in [-0.1, -0.05) is 30.9 Å². The Balaban J connectivity index is 1.68. The summed E-state index contributed by atoms with van der Waals surface area (Å²) in [7, 11) is 0. The summed E-state index contributed by atoms with van der Waals surface area (Å²) in [5.41, 5.74) is 0.633. The first-order valence-electron chi connectivity index (χ1n) is 7.00. The highest BCUT2D eigenvalue weighted by atomic mass is 35.5. The fourth-order valence-corrected chi connectivity index (χ4v) is 3.76. The average molecular weight is 266 g/mol. The zero-order chi connectivity index (χ0) is 12.4. The van der Waals surface area contributed by atoms with E-state index in [2.05, 4.69) is 14.9 Å². The molecule has 4 heteroatoms. The Bertz CT molecular complexity index is 405. The van der Waals surface area contributed by atoms with E-state index in [1.165, 1.54) is 44.9 Å². The minimum atomic E-state index is 0.633. The first-order chi connectivity index (χ1) is 8.79. The van der Waals surface area contributed by atoms with Gasteiger partial charge >= 0.3 is 0 Å². The van der Waals surface area contributed by atoms with E-state index in [0.29, 0.717) is 10.4 Å². The number of anilines is 1. The van der Waals surface area contributed by atoms with E-state index in [1.54, 1.807) is 12.5 Å². The maximum Gasteiger partial charge on any atom is 0.150 e. The molecule has 1 aliphatic carbocycles. The molecule has 98 valence electrons. The highest BCUT2D eigenvalue weighted by Gasteiger charge is 2.36. The highest BCUT2D eigenvalue weighted by Crippen LogP contribution is 2.45. The second-order valence-electron chi connectivity index (χ2n) is 5.74. The minimum Gasteiger partial charge on any atom is -0.355 e. The lowest BCUT2D eigenvalue weighted by Crippen LogP contribution is -2.41. The number of rotatable bonds is 1. The van der Waals surface area contributed by atoms with Crippen LogP contribution in [0, 0.1) is 5.41 Å². The van der Waals surface area contributed by atoms with Crippen LogP contribution in [0.2, 0.25) is 5.02 Å². The van der Waals surface area contributed by atoms with Crippen LogP contribution in [-0.2, 0) is 0 Å². The van der Waals surface area contributed by atoms with Crippen molar-refractivity contribution in [3.05, 3.63) is 17.5 Å². The first kappa shape index (κ1) is 12.2. The quantitative estimate of drug-likeness (QED) is 0.776. The number of nitrogens with zero attached hydrogens (tertiary/aromatic N) is 3. The normalized spacial score (nSPS) is 23.3. The summed E-state index contributed by atoms with van der Waals surface area (Å²) in [5, 5.41) is 0.678. The molecule has 0 amide bonds. The van der Waals surface area contributed by atoms with Crippen LogP contribution in [0.3, 0.4) is 0 Å². The number of hydrogen-bond acceptors (Lipinski definition) is 3. The Hall–Kier alpha value is -0.830. The molecule has 0 radical (unpaired) electrons. The monoisotopic (exact) mass is 265 g/mol. The molecule has 18 heavy (non-hydrogen) atoms. The lowest BCUT2D eigenvalue weighted by molar-refractivity contribution is 0.144. The maximum atomic E-state index is 6.17. The first-order valence-corrected chi connectivity index (χ1v) is 7.37. The molecule has 2 aliphatic rings. The van der Waals surface area contributed by atoms with Crippen LogP contribution in [0.1, 0.15) is 44.9 Å². The standard InChI is InChI=1S/C14H20ClN3/c15-12-10-16-11-17-13(12)18-8-6-14(7-9-18)4-2-1-3-5-14/h10-11H,1-9H2. The van der Waals surface area contributed by atoms with Crippen LogP contribution in [0.4, 0.5) is 5.82 Å². The molecule has 1 saturated carbocycles. The van der Waals surface area contributed by atoms with Gasteiger partial charge in [0.15, 0.2) is 5.82 Å². The van der Waals surface area contributed by atoms with Crippen molar-refractivity contribution in [3.63, 3.8) is 0 Å². The van der Waals surface area contributed by atoms with Gasteiger partial charge in [0.25, 0.3) is 0 Å². The molecule has 0 N–H and O–H groups in total. The molecule has 0 unspecified atom stereocenters. The second-order valence-corrected chi connectivity index (χ2v) is 6.15. The Morgan fingerprint density at radius 3 is 2.44 bits per heavy atom. The summed E-state index contributed by atoms with van der Waals surface area (Å²) >= 11 is 6.17.